The van der Waals surface area contributed by atoms with Gasteiger partial charge in [-0.05, 0) is 13.0 Å². The largest absolute Gasteiger partial charge is 0.496 e. The van der Waals surface area contributed by atoms with Crippen LogP contribution in [0.25, 0.3) is 0 Å². The van der Waals surface area contributed by atoms with Crippen LogP contribution in [0, 0.1) is 6.92 Å². The highest BCUT2D eigenvalue weighted by molar-refractivity contribution is 6.40. The summed E-state index contributed by atoms with van der Waals surface area (Å²) < 4.78 is 4.97. The van der Waals surface area contributed by atoms with Gasteiger partial charge in [0.2, 0.25) is 0 Å². The number of methoxy groups -OCH3 is 1. The summed E-state index contributed by atoms with van der Waals surface area (Å²) in [6, 6.07) is 4.73. The summed E-state index contributed by atoms with van der Waals surface area (Å²) >= 11 is 0. The molecule has 4 nitrogen and oxygen atoms in total. The van der Waals surface area contributed by atoms with Gasteiger partial charge in [0.25, 0.3) is 5.78 Å². The van der Waals surface area contributed by atoms with Gasteiger partial charge in [0, 0.05) is 11.1 Å². The van der Waals surface area contributed by atoms with E-state index in [-0.39, 0.29) is 5.56 Å². The van der Waals surface area contributed by atoms with E-state index in [0.717, 1.165) is 0 Å². The van der Waals surface area contributed by atoms with Crippen molar-refractivity contribution in [3.05, 3.63) is 29.3 Å². The van der Waals surface area contributed by atoms with Gasteiger partial charge in [-0.15, -0.1) is 0 Å². The van der Waals surface area contributed by atoms with Gasteiger partial charge in [-0.2, -0.15) is 0 Å². The zero-order valence-electron chi connectivity index (χ0n) is 7.90. The summed E-state index contributed by atoms with van der Waals surface area (Å²) in [7, 11) is 1.47. The number of aliphatic carboxylic acids is 1. The second kappa shape index (κ2) is 3.91. The highest BCUT2D eigenvalue weighted by atomic mass is 16.5. The molecule has 0 heterocycles. The fraction of sp³-hybridized carbons (Fsp3) is 0.200. The number of carboxylic acid groups (broad SMARTS) is 1. The summed E-state index contributed by atoms with van der Waals surface area (Å²) in [6.07, 6.45) is 0. The third-order valence-corrected chi connectivity index (χ3v) is 1.94. The number of ketones is 1. The van der Waals surface area contributed by atoms with Crippen LogP contribution in [0.3, 0.4) is 0 Å². The first-order valence-electron chi connectivity index (χ1n) is 3.99. The van der Waals surface area contributed by atoms with Gasteiger partial charge < -0.3 is 9.84 Å². The minimum atomic E-state index is -1.46. The van der Waals surface area contributed by atoms with E-state index in [0.29, 0.717) is 11.3 Å². The predicted molar refractivity (Wildman–Crippen MR) is 49.7 cm³/mol. The molecule has 0 radical (unpaired) electrons. The van der Waals surface area contributed by atoms with E-state index in [1.165, 1.54) is 13.2 Å². The molecule has 0 amide bonds. The first-order chi connectivity index (χ1) is 6.57. The first kappa shape index (κ1) is 10.2. The van der Waals surface area contributed by atoms with Gasteiger partial charge >= 0.3 is 5.97 Å². The van der Waals surface area contributed by atoms with Gasteiger partial charge in [-0.1, -0.05) is 12.1 Å². The number of rotatable bonds is 3. The molecular weight excluding hydrogens is 184 g/mol. The number of ether oxygens (including phenoxy) is 1. The molecule has 1 aromatic carbocycles. The van der Waals surface area contributed by atoms with E-state index in [1.54, 1.807) is 19.1 Å². The van der Waals surface area contributed by atoms with Crippen LogP contribution in [0.1, 0.15) is 15.9 Å². The number of Topliss-reactive ketones (excluding diaryl/α,β-unsaturated/α-hetero) is 1. The maximum absolute atomic E-state index is 11.2. The number of hydrogen-bond acceptors (Lipinski definition) is 3. The summed E-state index contributed by atoms with van der Waals surface area (Å²) in [5, 5.41) is 8.53. The summed E-state index contributed by atoms with van der Waals surface area (Å²) in [6.45, 7) is 1.65. The molecule has 0 spiro atoms. The van der Waals surface area contributed by atoms with Crippen molar-refractivity contribution in [2.45, 2.75) is 6.92 Å². The van der Waals surface area contributed by atoms with Crippen LogP contribution in [0.2, 0.25) is 0 Å². The summed E-state index contributed by atoms with van der Waals surface area (Å²) in [5.74, 6) is -1.86. The highest BCUT2D eigenvalue weighted by Gasteiger charge is 2.18. The Morgan fingerprint density at radius 3 is 2.50 bits per heavy atom. The van der Waals surface area contributed by atoms with Gasteiger partial charge in [-0.25, -0.2) is 4.79 Å². The van der Waals surface area contributed by atoms with Crippen molar-refractivity contribution in [2.75, 3.05) is 7.11 Å². The van der Waals surface area contributed by atoms with Crippen molar-refractivity contribution in [3.63, 3.8) is 0 Å². The summed E-state index contributed by atoms with van der Waals surface area (Å²) in [5.41, 5.74) is 0.708. The van der Waals surface area contributed by atoms with Crippen LogP contribution in [-0.4, -0.2) is 24.0 Å². The van der Waals surface area contributed by atoms with Crippen LogP contribution in [0.15, 0.2) is 18.2 Å². The normalized spacial score (nSPS) is 9.57. The summed E-state index contributed by atoms with van der Waals surface area (Å²) in [4.78, 5) is 21.6. The molecule has 0 unspecified atom stereocenters. The van der Waals surface area contributed by atoms with Crippen molar-refractivity contribution in [1.29, 1.82) is 0 Å². The number of carboxylic acids is 1. The molecule has 14 heavy (non-hydrogen) atoms. The van der Waals surface area contributed by atoms with Crippen LogP contribution in [0.5, 0.6) is 5.75 Å². The Bertz CT molecular complexity index is 382. The molecule has 74 valence electrons. The second-order valence-electron chi connectivity index (χ2n) is 2.77. The molecule has 0 bridgehead atoms. The molecular formula is C10H10O4. The lowest BCUT2D eigenvalue weighted by atomic mass is 10.0. The van der Waals surface area contributed by atoms with E-state index in [4.69, 9.17) is 9.84 Å². The van der Waals surface area contributed by atoms with Crippen molar-refractivity contribution in [2.24, 2.45) is 0 Å². The molecule has 4 heteroatoms. The molecule has 0 aromatic heterocycles. The van der Waals surface area contributed by atoms with Crippen molar-refractivity contribution in [3.8, 4) is 5.75 Å². The minimum Gasteiger partial charge on any atom is -0.496 e. The standard InChI is InChI=1S/C10H10O4/c1-6-7(9(11)10(12)13)4-3-5-8(6)14-2/h3-5H,1-2H3,(H,12,13). The zero-order valence-corrected chi connectivity index (χ0v) is 7.90. The average molecular weight is 194 g/mol. The van der Waals surface area contributed by atoms with Crippen LogP contribution in [-0.2, 0) is 4.79 Å². The SMILES string of the molecule is COc1cccc(C(=O)C(=O)O)c1C. The molecule has 0 aliphatic rings. The maximum Gasteiger partial charge on any atom is 0.377 e. The Balaban J connectivity index is 3.22. The number of benzene rings is 1. The first-order valence-corrected chi connectivity index (χ1v) is 3.99. The molecule has 0 aliphatic heterocycles. The Morgan fingerprint density at radius 2 is 2.00 bits per heavy atom. The van der Waals surface area contributed by atoms with Gasteiger partial charge in [0.15, 0.2) is 0 Å². The topological polar surface area (TPSA) is 63.6 Å². The fourth-order valence-corrected chi connectivity index (χ4v) is 1.20. The molecule has 1 rings (SSSR count). The van der Waals surface area contributed by atoms with Gasteiger partial charge in [-0.3, -0.25) is 4.79 Å². The Hall–Kier alpha value is -1.84. The number of carbonyl (C=O) groups is 2. The van der Waals surface area contributed by atoms with Crippen LogP contribution < -0.4 is 4.74 Å². The second-order valence-corrected chi connectivity index (χ2v) is 2.77. The average Bonchev–Trinajstić information content (AvgIpc) is 2.17. The Morgan fingerprint density at radius 1 is 1.36 bits per heavy atom. The van der Waals surface area contributed by atoms with E-state index in [1.807, 2.05) is 0 Å². The van der Waals surface area contributed by atoms with Gasteiger partial charge in [0.1, 0.15) is 5.75 Å². The zero-order chi connectivity index (χ0) is 10.7. The number of carbonyl (C=O) groups excluding carboxylic acids is 1. The quantitative estimate of drug-likeness (QED) is 0.581. The van der Waals surface area contributed by atoms with Gasteiger partial charge in [0.05, 0.1) is 7.11 Å². The molecule has 0 saturated carbocycles. The van der Waals surface area contributed by atoms with Crippen molar-refractivity contribution in [1.82, 2.24) is 0 Å². The van der Waals surface area contributed by atoms with Crippen molar-refractivity contribution >= 4 is 11.8 Å². The van der Waals surface area contributed by atoms with E-state index < -0.39 is 11.8 Å². The lowest BCUT2D eigenvalue weighted by molar-refractivity contribution is -0.131. The monoisotopic (exact) mass is 194 g/mol. The molecule has 1 aromatic rings. The van der Waals surface area contributed by atoms with E-state index >= 15 is 0 Å². The molecule has 0 atom stereocenters. The predicted octanol–water partition coefficient (Wildman–Crippen LogP) is 1.27. The van der Waals surface area contributed by atoms with Crippen LogP contribution >= 0.6 is 0 Å². The number of hydrogen-bond donors (Lipinski definition) is 1. The highest BCUT2D eigenvalue weighted by Crippen LogP contribution is 2.21. The third-order valence-electron chi connectivity index (χ3n) is 1.94. The van der Waals surface area contributed by atoms with E-state index in [2.05, 4.69) is 0 Å². The lowest BCUT2D eigenvalue weighted by Gasteiger charge is -2.06. The molecule has 0 saturated heterocycles. The van der Waals surface area contributed by atoms with E-state index in [9.17, 15) is 9.59 Å². The molecule has 1 N–H and O–H groups in total. The lowest BCUT2D eigenvalue weighted by Crippen LogP contribution is -2.14. The third kappa shape index (κ3) is 1.74. The fourth-order valence-electron chi connectivity index (χ4n) is 1.20. The maximum atomic E-state index is 11.2. The van der Waals surface area contributed by atoms with Crippen LogP contribution in [0.4, 0.5) is 0 Å². The Labute approximate surface area is 81.1 Å². The minimum absolute atomic E-state index is 0.164. The Kier molecular flexibility index (Phi) is 2.86. The smallest absolute Gasteiger partial charge is 0.377 e. The molecule has 0 fully saturated rings. The van der Waals surface area contributed by atoms with Crippen molar-refractivity contribution < 1.29 is 19.4 Å². The molecule has 0 aliphatic carbocycles.